The van der Waals surface area contributed by atoms with E-state index in [1.807, 2.05) is 68.7 Å². The Morgan fingerprint density at radius 2 is 1.83 bits per heavy atom. The number of anilines is 3. The molecule has 1 unspecified atom stereocenters. The van der Waals surface area contributed by atoms with Crippen molar-refractivity contribution >= 4 is 69.9 Å². The molecule has 7 rings (SSSR count). The molecule has 18 heteroatoms. The number of carbonyl (C=O) groups excluding carboxylic acids is 3. The van der Waals surface area contributed by atoms with Crippen LogP contribution in [0.3, 0.4) is 0 Å². The van der Waals surface area contributed by atoms with Gasteiger partial charge in [-0.1, -0.05) is 35.9 Å². The number of ether oxygens (including phenoxy) is 2. The molecule has 0 radical (unpaired) electrons. The van der Waals surface area contributed by atoms with Crippen LogP contribution in [0.5, 0.6) is 11.5 Å². The summed E-state index contributed by atoms with van der Waals surface area (Å²) in [5.41, 5.74) is 3.36. The van der Waals surface area contributed by atoms with Crippen LogP contribution in [0, 0.1) is 18.8 Å². The lowest BCUT2D eigenvalue weighted by Gasteiger charge is -2.38. The smallest absolute Gasteiger partial charge is 0.258 e. The molecule has 3 amide bonds. The highest BCUT2D eigenvalue weighted by Crippen LogP contribution is 2.42. The number of β-amino-alcohol motifs (C(OH)–C–C–N with tert-alkyl or cyclic N) is 1. The Kier molecular flexibility index (Phi) is 14.7. The molecule has 1 aliphatic heterocycles. The number of hydrogen-bond donors (Lipinski definition) is 5. The lowest BCUT2D eigenvalue weighted by atomic mass is 9.83. The quantitative estimate of drug-likeness (QED) is 0.0673. The first-order valence-electron chi connectivity index (χ1n) is 21.3. The van der Waals surface area contributed by atoms with Crippen LogP contribution in [-0.2, 0) is 20.9 Å². The lowest BCUT2D eigenvalue weighted by Crippen LogP contribution is -2.61. The lowest BCUT2D eigenvalue weighted by molar-refractivity contribution is -0.143. The number of alkyl halides is 1. The molecule has 338 valence electrons. The van der Waals surface area contributed by atoms with Gasteiger partial charge in [0, 0.05) is 37.4 Å². The van der Waals surface area contributed by atoms with Crippen LogP contribution in [0.2, 0.25) is 5.02 Å². The van der Waals surface area contributed by atoms with E-state index in [1.165, 1.54) is 11.1 Å². The summed E-state index contributed by atoms with van der Waals surface area (Å²) in [7, 11) is 3.32. The van der Waals surface area contributed by atoms with Crippen LogP contribution < -0.4 is 30.7 Å². The molecule has 0 bridgehead atoms. The van der Waals surface area contributed by atoms with Gasteiger partial charge in [-0.3, -0.25) is 14.4 Å². The summed E-state index contributed by atoms with van der Waals surface area (Å²) in [5, 5.41) is 23.0. The van der Waals surface area contributed by atoms with Gasteiger partial charge in [0.05, 0.1) is 47.8 Å². The summed E-state index contributed by atoms with van der Waals surface area (Å²) >= 11 is 9.27. The first-order chi connectivity index (χ1) is 30.2. The van der Waals surface area contributed by atoms with Gasteiger partial charge in [-0.15, -0.1) is 11.3 Å². The number of aryl methyl sites for hydroxylation is 1. The summed E-state index contributed by atoms with van der Waals surface area (Å²) in [4.78, 5) is 56.7. The van der Waals surface area contributed by atoms with Crippen molar-refractivity contribution in [2.24, 2.45) is 11.8 Å². The van der Waals surface area contributed by atoms with E-state index in [0.29, 0.717) is 52.4 Å². The summed E-state index contributed by atoms with van der Waals surface area (Å²) in [6, 6.07) is 11.3. The van der Waals surface area contributed by atoms with Crippen molar-refractivity contribution < 1.29 is 33.4 Å². The third-order valence-corrected chi connectivity index (χ3v) is 15.0. The van der Waals surface area contributed by atoms with Crippen molar-refractivity contribution in [2.45, 2.75) is 101 Å². The van der Waals surface area contributed by atoms with E-state index in [-0.39, 0.29) is 32.4 Å². The number of carbonyl (C=O) groups is 3. The van der Waals surface area contributed by atoms with Crippen molar-refractivity contribution in [3.8, 4) is 21.9 Å². The second-order valence-corrected chi connectivity index (χ2v) is 20.1. The van der Waals surface area contributed by atoms with Crippen LogP contribution in [0.4, 0.5) is 21.8 Å². The van der Waals surface area contributed by atoms with Crippen molar-refractivity contribution in [3.05, 3.63) is 70.5 Å². The number of thiazole rings is 1. The van der Waals surface area contributed by atoms with Crippen molar-refractivity contribution in [1.82, 2.24) is 30.5 Å². The van der Waals surface area contributed by atoms with Gasteiger partial charge in [-0.05, 0) is 100 Å². The molecular formula is C45H56ClFN8O6S2. The molecule has 3 aliphatic rings. The van der Waals surface area contributed by atoms with Crippen LogP contribution in [0.15, 0.2) is 54.2 Å². The van der Waals surface area contributed by atoms with Crippen LogP contribution in [0.1, 0.15) is 70.1 Å². The largest absolute Gasteiger partial charge is 0.494 e. The number of aliphatic hydroxyl groups is 1. The summed E-state index contributed by atoms with van der Waals surface area (Å²) < 4.78 is 26.1. The highest BCUT2D eigenvalue weighted by molar-refractivity contribution is 8.00. The maximum atomic E-state index is 15.1. The van der Waals surface area contributed by atoms with Gasteiger partial charge in [-0.2, -0.15) is 16.7 Å². The fourth-order valence-corrected chi connectivity index (χ4v) is 10.4. The molecule has 2 aromatic heterocycles. The monoisotopic (exact) mass is 922 g/mol. The van der Waals surface area contributed by atoms with Gasteiger partial charge < -0.3 is 40.7 Å². The summed E-state index contributed by atoms with van der Waals surface area (Å²) in [5.74, 6) is 1.86. The van der Waals surface area contributed by atoms with E-state index in [9.17, 15) is 19.5 Å². The zero-order valence-corrected chi connectivity index (χ0v) is 38.6. The average Bonchev–Trinajstić information content (AvgIpc) is 3.69. The molecule has 0 spiro atoms. The summed E-state index contributed by atoms with van der Waals surface area (Å²) in [6.45, 7) is 6.45. The third kappa shape index (κ3) is 11.3. The standard InChI is InChI=1S/C45H56ClFN8O6S2/c1-26-37(62-25-51-26)30-12-10-27(11-13-30)20-49-40(57)35-18-31(56)22-55(35)41(58)38(53-42(59)45(47)16-17-45)44(2,3)63-24-29-8-6-28(7-9-29)23-61-32-14-15-34(36(19-32)60-5)52-43-50-21-33(46)39(48-4)54-43/h10-15,19,21,25,28-29,31,35,38,56H,6-9,16-18,20,22-24H2,1-5H3,(H,49,57)(H,53,59)(H2,48,50,52,54)/t28?,29?,31-,35+,38?/m1/s1. The Morgan fingerprint density at radius 3 is 2.49 bits per heavy atom. The number of benzene rings is 2. The number of amides is 3. The summed E-state index contributed by atoms with van der Waals surface area (Å²) in [6.07, 6.45) is 4.72. The van der Waals surface area contributed by atoms with Gasteiger partial charge >= 0.3 is 0 Å². The topological polar surface area (TPSA) is 180 Å². The maximum Gasteiger partial charge on any atom is 0.258 e. The predicted octanol–water partition coefficient (Wildman–Crippen LogP) is 7.32. The minimum atomic E-state index is -2.00. The minimum absolute atomic E-state index is 0.0587. The normalized spacial score (nSPS) is 21.0. The van der Waals surface area contributed by atoms with Gasteiger partial charge in [0.2, 0.25) is 17.8 Å². The average molecular weight is 924 g/mol. The Morgan fingerprint density at radius 1 is 1.10 bits per heavy atom. The second-order valence-electron chi connectivity index (χ2n) is 17.2. The SMILES string of the molecule is CNc1nc(Nc2ccc(OCC3CCC(CSC(C)(C)C(NC(=O)C4(F)CC4)C(=O)N4C[C@H](O)C[C@H]4C(=O)NCc4ccc(-c5scnc5C)cc4)CC3)cc2OC)ncc1Cl. The number of aromatic nitrogens is 3. The fraction of sp³-hybridized carbons (Fsp3) is 0.511. The third-order valence-electron chi connectivity index (χ3n) is 12.2. The highest BCUT2D eigenvalue weighted by Gasteiger charge is 2.54. The molecule has 2 aromatic carbocycles. The number of thioether (sulfide) groups is 1. The zero-order chi connectivity index (χ0) is 44.9. The van der Waals surface area contributed by atoms with Gasteiger partial charge in [-0.25, -0.2) is 14.4 Å². The molecule has 4 aromatic rings. The molecule has 1 saturated heterocycles. The van der Waals surface area contributed by atoms with E-state index >= 15 is 4.39 Å². The number of halogens is 2. The van der Waals surface area contributed by atoms with Crippen LogP contribution in [-0.4, -0.2) is 104 Å². The first kappa shape index (κ1) is 46.3. The van der Waals surface area contributed by atoms with E-state index in [0.717, 1.165) is 53.1 Å². The molecular weight excluding hydrogens is 867 g/mol. The molecule has 3 atom stereocenters. The minimum Gasteiger partial charge on any atom is -0.494 e. The Balaban J connectivity index is 0.923. The number of rotatable bonds is 18. The molecule has 14 nitrogen and oxygen atoms in total. The van der Waals surface area contributed by atoms with Gasteiger partial charge in [0.15, 0.2) is 5.67 Å². The van der Waals surface area contributed by atoms with Crippen molar-refractivity contribution in [1.29, 1.82) is 0 Å². The molecule has 3 heterocycles. The van der Waals surface area contributed by atoms with Crippen molar-refractivity contribution in [2.75, 3.05) is 43.7 Å². The number of aliphatic hydroxyl groups excluding tert-OH is 1. The first-order valence-corrected chi connectivity index (χ1v) is 23.6. The molecule has 3 fully saturated rings. The van der Waals surface area contributed by atoms with Gasteiger partial charge in [0.1, 0.15) is 34.4 Å². The number of nitrogens with zero attached hydrogens (tertiary/aromatic N) is 4. The number of hydrogen-bond acceptors (Lipinski definition) is 13. The second kappa shape index (κ2) is 20.0. The van der Waals surface area contributed by atoms with Crippen LogP contribution >= 0.6 is 34.7 Å². The molecule has 2 aliphatic carbocycles. The molecule has 2 saturated carbocycles. The van der Waals surface area contributed by atoms with Crippen LogP contribution in [0.25, 0.3) is 10.4 Å². The van der Waals surface area contributed by atoms with E-state index in [1.54, 1.807) is 37.3 Å². The predicted molar refractivity (Wildman–Crippen MR) is 246 cm³/mol. The Bertz CT molecular complexity index is 2250. The molecule has 63 heavy (non-hydrogen) atoms. The van der Waals surface area contributed by atoms with Gasteiger partial charge in [0.25, 0.3) is 5.91 Å². The maximum absolute atomic E-state index is 15.1. The number of nitrogens with one attached hydrogen (secondary N) is 4. The van der Waals surface area contributed by atoms with E-state index in [2.05, 4.69) is 36.2 Å². The van der Waals surface area contributed by atoms with E-state index < -0.39 is 46.3 Å². The molecule has 5 N–H and O–H groups in total. The van der Waals surface area contributed by atoms with E-state index in [4.69, 9.17) is 21.1 Å². The fourth-order valence-electron chi connectivity index (χ4n) is 8.04. The number of likely N-dealkylation sites (tertiary alicyclic amines) is 1. The van der Waals surface area contributed by atoms with Crippen molar-refractivity contribution in [3.63, 3.8) is 0 Å². The zero-order valence-electron chi connectivity index (χ0n) is 36.2. The number of methoxy groups -OCH3 is 1. The highest BCUT2D eigenvalue weighted by atomic mass is 35.5. The Labute approximate surface area is 380 Å². The Hall–Kier alpha value is -4.71.